The van der Waals surface area contributed by atoms with Crippen LogP contribution in [0.5, 0.6) is 0 Å². The molecule has 0 bridgehead atoms. The average molecular weight is 181 g/mol. The summed E-state index contributed by atoms with van der Waals surface area (Å²) in [7, 11) is 0. The number of carbonyl (C=O) groups excluding carboxylic acids is 1. The SMILES string of the molecule is CC1(C)OCC2CC3CC3C(=O)N21. The summed E-state index contributed by atoms with van der Waals surface area (Å²) in [5.41, 5.74) is -0.352. The molecule has 0 aromatic heterocycles. The van der Waals surface area contributed by atoms with E-state index in [0.29, 0.717) is 23.8 Å². The van der Waals surface area contributed by atoms with Crippen LogP contribution in [0.3, 0.4) is 0 Å². The minimum Gasteiger partial charge on any atom is -0.354 e. The first-order chi connectivity index (χ1) is 6.09. The molecule has 3 atom stereocenters. The molecule has 0 N–H and O–H groups in total. The van der Waals surface area contributed by atoms with Gasteiger partial charge in [-0.2, -0.15) is 0 Å². The number of hydrogen-bond donors (Lipinski definition) is 0. The van der Waals surface area contributed by atoms with Gasteiger partial charge in [0, 0.05) is 5.92 Å². The molecule has 0 radical (unpaired) electrons. The maximum absolute atomic E-state index is 11.9. The molecule has 0 aromatic rings. The zero-order valence-electron chi connectivity index (χ0n) is 8.12. The van der Waals surface area contributed by atoms with E-state index in [4.69, 9.17) is 4.74 Å². The highest BCUT2D eigenvalue weighted by Crippen LogP contribution is 2.51. The zero-order chi connectivity index (χ0) is 9.22. The quantitative estimate of drug-likeness (QED) is 0.557. The van der Waals surface area contributed by atoms with Crippen molar-refractivity contribution in [3.63, 3.8) is 0 Å². The van der Waals surface area contributed by atoms with Crippen LogP contribution < -0.4 is 0 Å². The Hall–Kier alpha value is -0.570. The molecule has 3 aliphatic rings. The monoisotopic (exact) mass is 181 g/mol. The molecule has 2 heterocycles. The van der Waals surface area contributed by atoms with Crippen molar-refractivity contribution < 1.29 is 9.53 Å². The molecule has 3 rings (SSSR count). The first-order valence-corrected chi connectivity index (χ1v) is 5.07. The van der Waals surface area contributed by atoms with Crippen LogP contribution in [-0.4, -0.2) is 29.2 Å². The topological polar surface area (TPSA) is 29.5 Å². The lowest BCUT2D eigenvalue weighted by molar-refractivity contribution is -0.150. The van der Waals surface area contributed by atoms with Crippen molar-refractivity contribution in [1.29, 1.82) is 0 Å². The van der Waals surface area contributed by atoms with E-state index in [2.05, 4.69) is 0 Å². The summed E-state index contributed by atoms with van der Waals surface area (Å²) < 4.78 is 5.63. The van der Waals surface area contributed by atoms with E-state index in [1.165, 1.54) is 6.42 Å². The summed E-state index contributed by atoms with van der Waals surface area (Å²) in [5.74, 6) is 1.37. The Kier molecular flexibility index (Phi) is 1.25. The fraction of sp³-hybridized carbons (Fsp3) is 0.900. The second kappa shape index (κ2) is 2.08. The molecule has 0 spiro atoms. The number of amides is 1. The summed E-state index contributed by atoms with van der Waals surface area (Å²) in [6, 6.07) is 0.367. The van der Waals surface area contributed by atoms with Crippen molar-refractivity contribution in [3.8, 4) is 0 Å². The van der Waals surface area contributed by atoms with Gasteiger partial charge in [-0.1, -0.05) is 0 Å². The summed E-state index contributed by atoms with van der Waals surface area (Å²) in [4.78, 5) is 13.9. The largest absolute Gasteiger partial charge is 0.354 e. The highest BCUT2D eigenvalue weighted by Gasteiger charge is 2.57. The maximum Gasteiger partial charge on any atom is 0.228 e. The predicted molar refractivity (Wildman–Crippen MR) is 46.9 cm³/mol. The molecular weight excluding hydrogens is 166 g/mol. The molecule has 3 nitrogen and oxygen atoms in total. The lowest BCUT2D eigenvalue weighted by atomic mass is 10.0. The van der Waals surface area contributed by atoms with Crippen molar-refractivity contribution in [3.05, 3.63) is 0 Å². The lowest BCUT2D eigenvalue weighted by Crippen LogP contribution is -2.50. The molecular formula is C10H15NO2. The molecule has 2 saturated heterocycles. The summed E-state index contributed by atoms with van der Waals surface area (Å²) >= 11 is 0. The second-order valence-electron chi connectivity index (χ2n) is 4.96. The normalized spacial score (nSPS) is 45.8. The number of hydrogen-bond acceptors (Lipinski definition) is 2. The minimum atomic E-state index is -0.352. The smallest absolute Gasteiger partial charge is 0.228 e. The molecule has 2 aliphatic heterocycles. The van der Waals surface area contributed by atoms with Crippen LogP contribution in [0.1, 0.15) is 26.7 Å². The van der Waals surface area contributed by atoms with Gasteiger partial charge in [0.1, 0.15) is 5.72 Å². The van der Waals surface area contributed by atoms with Gasteiger partial charge in [-0.05, 0) is 32.6 Å². The molecule has 3 unspecified atom stereocenters. The summed E-state index contributed by atoms with van der Waals surface area (Å²) in [6.45, 7) is 4.73. The lowest BCUT2D eigenvalue weighted by Gasteiger charge is -2.36. The van der Waals surface area contributed by atoms with E-state index in [9.17, 15) is 4.79 Å². The molecule has 1 aliphatic carbocycles. The zero-order valence-corrected chi connectivity index (χ0v) is 8.12. The van der Waals surface area contributed by atoms with Gasteiger partial charge in [-0.25, -0.2) is 0 Å². The van der Waals surface area contributed by atoms with Crippen molar-refractivity contribution in [2.75, 3.05) is 6.61 Å². The predicted octanol–water partition coefficient (Wildman–Crippen LogP) is 0.990. The molecule has 13 heavy (non-hydrogen) atoms. The van der Waals surface area contributed by atoms with Crippen LogP contribution >= 0.6 is 0 Å². The van der Waals surface area contributed by atoms with Gasteiger partial charge in [0.25, 0.3) is 0 Å². The fourth-order valence-electron chi connectivity index (χ4n) is 2.84. The minimum absolute atomic E-state index is 0.337. The van der Waals surface area contributed by atoms with E-state index in [1.807, 2.05) is 18.7 Å². The van der Waals surface area contributed by atoms with Gasteiger partial charge in [0.2, 0.25) is 5.91 Å². The van der Waals surface area contributed by atoms with Crippen molar-refractivity contribution in [2.45, 2.75) is 38.5 Å². The van der Waals surface area contributed by atoms with E-state index in [0.717, 1.165) is 13.0 Å². The molecule has 3 heteroatoms. The van der Waals surface area contributed by atoms with Crippen molar-refractivity contribution in [2.24, 2.45) is 11.8 Å². The fourth-order valence-corrected chi connectivity index (χ4v) is 2.84. The second-order valence-corrected chi connectivity index (χ2v) is 4.96. The van der Waals surface area contributed by atoms with Gasteiger partial charge in [-0.15, -0.1) is 0 Å². The Balaban J connectivity index is 1.94. The Bertz CT molecular complexity index is 274. The first-order valence-electron chi connectivity index (χ1n) is 5.07. The Morgan fingerprint density at radius 2 is 2.23 bits per heavy atom. The van der Waals surface area contributed by atoms with E-state index < -0.39 is 0 Å². The highest BCUT2D eigenvalue weighted by atomic mass is 16.5. The summed E-state index contributed by atoms with van der Waals surface area (Å²) in [6.07, 6.45) is 2.29. The number of nitrogens with zero attached hydrogens (tertiary/aromatic N) is 1. The summed E-state index contributed by atoms with van der Waals surface area (Å²) in [5, 5.41) is 0. The molecule has 0 aromatic carbocycles. The van der Waals surface area contributed by atoms with Crippen molar-refractivity contribution in [1.82, 2.24) is 4.90 Å². The Morgan fingerprint density at radius 3 is 3.00 bits per heavy atom. The van der Waals surface area contributed by atoms with Crippen LogP contribution in [0.25, 0.3) is 0 Å². The maximum atomic E-state index is 11.9. The third-order valence-corrected chi connectivity index (χ3v) is 3.63. The molecule has 3 fully saturated rings. The van der Waals surface area contributed by atoms with E-state index in [-0.39, 0.29) is 5.72 Å². The standard InChI is InChI=1S/C10H15NO2/c1-10(2)11-7(5-13-10)3-6-4-8(6)9(11)12/h6-8H,3-5H2,1-2H3. The van der Waals surface area contributed by atoms with Crippen LogP contribution in [0.15, 0.2) is 0 Å². The van der Waals surface area contributed by atoms with Gasteiger partial charge in [0.05, 0.1) is 12.6 Å². The molecule has 1 saturated carbocycles. The van der Waals surface area contributed by atoms with Gasteiger partial charge >= 0.3 is 0 Å². The molecule has 1 amide bonds. The van der Waals surface area contributed by atoms with Crippen LogP contribution in [0.4, 0.5) is 0 Å². The number of carbonyl (C=O) groups is 1. The Morgan fingerprint density at radius 1 is 1.46 bits per heavy atom. The number of ether oxygens (including phenoxy) is 1. The molecule has 72 valence electrons. The van der Waals surface area contributed by atoms with E-state index in [1.54, 1.807) is 0 Å². The van der Waals surface area contributed by atoms with Gasteiger partial charge < -0.3 is 9.64 Å². The van der Waals surface area contributed by atoms with Crippen LogP contribution in [0.2, 0.25) is 0 Å². The van der Waals surface area contributed by atoms with Gasteiger partial charge in [0.15, 0.2) is 0 Å². The van der Waals surface area contributed by atoms with Crippen molar-refractivity contribution >= 4 is 5.91 Å². The number of rotatable bonds is 0. The van der Waals surface area contributed by atoms with Gasteiger partial charge in [-0.3, -0.25) is 4.79 Å². The van der Waals surface area contributed by atoms with Crippen LogP contribution in [-0.2, 0) is 9.53 Å². The first kappa shape index (κ1) is 7.80. The van der Waals surface area contributed by atoms with E-state index >= 15 is 0 Å². The average Bonchev–Trinajstić information content (AvgIpc) is 2.73. The van der Waals surface area contributed by atoms with Crippen LogP contribution in [0, 0.1) is 11.8 Å². The number of piperidine rings is 1. The highest BCUT2D eigenvalue weighted by molar-refractivity contribution is 5.84. The number of fused-ring (bicyclic) bond motifs is 2. The third-order valence-electron chi connectivity index (χ3n) is 3.63. The Labute approximate surface area is 78.0 Å². The third kappa shape index (κ3) is 0.909.